The second-order valence-corrected chi connectivity index (χ2v) is 10.4. The molecule has 2 aromatic heterocycles. The van der Waals surface area contributed by atoms with E-state index in [1.54, 1.807) is 0 Å². The SMILES string of the molecule is O=C(NC[C@H]1CCNC1)Nc1nc2c(s1)-c1c(c(-c3ccccc3)nn1-c1cccc(Cl)c1)CC2. The Morgan fingerprint density at radius 1 is 1.17 bits per heavy atom. The average molecular weight is 505 g/mol. The molecule has 178 valence electrons. The molecule has 0 radical (unpaired) electrons. The van der Waals surface area contributed by atoms with Crippen LogP contribution in [0.4, 0.5) is 9.93 Å². The molecule has 1 aliphatic heterocycles. The van der Waals surface area contributed by atoms with Gasteiger partial charge in [-0.1, -0.05) is 59.3 Å². The van der Waals surface area contributed by atoms with E-state index in [2.05, 4.69) is 28.1 Å². The van der Waals surface area contributed by atoms with E-state index in [1.807, 2.05) is 47.1 Å². The fraction of sp³-hybridized carbons (Fsp3) is 0.269. The van der Waals surface area contributed by atoms with Crippen molar-refractivity contribution >= 4 is 34.1 Å². The third-order valence-corrected chi connectivity index (χ3v) is 7.80. The van der Waals surface area contributed by atoms with E-state index in [4.69, 9.17) is 21.7 Å². The van der Waals surface area contributed by atoms with Crippen molar-refractivity contribution in [2.45, 2.75) is 19.3 Å². The molecular weight excluding hydrogens is 480 g/mol. The molecule has 1 atom stereocenters. The quantitative estimate of drug-likeness (QED) is 0.351. The molecule has 1 saturated heterocycles. The summed E-state index contributed by atoms with van der Waals surface area (Å²) in [6.07, 6.45) is 2.72. The molecule has 1 aliphatic carbocycles. The van der Waals surface area contributed by atoms with Crippen molar-refractivity contribution in [3.63, 3.8) is 0 Å². The van der Waals surface area contributed by atoms with Crippen molar-refractivity contribution in [1.82, 2.24) is 25.4 Å². The highest BCUT2D eigenvalue weighted by Crippen LogP contribution is 2.44. The number of nitrogens with one attached hydrogen (secondary N) is 3. The topological polar surface area (TPSA) is 83.9 Å². The minimum absolute atomic E-state index is 0.212. The molecule has 2 aromatic carbocycles. The number of thiazole rings is 1. The van der Waals surface area contributed by atoms with Gasteiger partial charge in [0, 0.05) is 22.7 Å². The molecule has 9 heteroatoms. The second-order valence-electron chi connectivity index (χ2n) is 8.92. The van der Waals surface area contributed by atoms with Crippen molar-refractivity contribution in [2.75, 3.05) is 25.0 Å². The number of amides is 2. The number of hydrogen-bond donors (Lipinski definition) is 3. The fourth-order valence-electron chi connectivity index (χ4n) is 4.81. The van der Waals surface area contributed by atoms with E-state index in [0.717, 1.165) is 65.6 Å². The molecule has 0 saturated carbocycles. The van der Waals surface area contributed by atoms with Crippen LogP contribution in [0.1, 0.15) is 17.7 Å². The van der Waals surface area contributed by atoms with Crippen molar-refractivity contribution in [2.24, 2.45) is 5.92 Å². The van der Waals surface area contributed by atoms with Gasteiger partial charge >= 0.3 is 6.03 Å². The van der Waals surface area contributed by atoms with E-state index in [1.165, 1.54) is 16.9 Å². The Kier molecular flexibility index (Phi) is 6.01. The Bertz CT molecular complexity index is 1380. The van der Waals surface area contributed by atoms with Crippen LogP contribution in [0.3, 0.4) is 0 Å². The van der Waals surface area contributed by atoms with E-state index < -0.39 is 0 Å². The van der Waals surface area contributed by atoms with Crippen molar-refractivity contribution in [3.8, 4) is 27.5 Å². The Labute approximate surface area is 212 Å². The van der Waals surface area contributed by atoms with Gasteiger partial charge in [-0.3, -0.25) is 5.32 Å². The summed E-state index contributed by atoms with van der Waals surface area (Å²) in [6.45, 7) is 2.63. The highest BCUT2D eigenvalue weighted by atomic mass is 35.5. The number of fused-ring (bicyclic) bond motifs is 3. The van der Waals surface area contributed by atoms with Gasteiger partial charge in [-0.25, -0.2) is 14.5 Å². The molecule has 0 spiro atoms. The zero-order valence-corrected chi connectivity index (χ0v) is 20.6. The molecule has 3 heterocycles. The molecule has 1 fully saturated rings. The Balaban J connectivity index is 1.36. The third kappa shape index (κ3) is 4.45. The van der Waals surface area contributed by atoms with E-state index in [9.17, 15) is 4.79 Å². The summed E-state index contributed by atoms with van der Waals surface area (Å²) in [5.41, 5.74) is 6.15. The molecule has 6 rings (SSSR count). The van der Waals surface area contributed by atoms with Crippen LogP contribution in [0.5, 0.6) is 0 Å². The first kappa shape index (κ1) is 22.3. The highest BCUT2D eigenvalue weighted by Gasteiger charge is 2.30. The number of nitrogens with zero attached hydrogens (tertiary/aromatic N) is 3. The van der Waals surface area contributed by atoms with Crippen molar-refractivity contribution in [3.05, 3.63) is 70.9 Å². The van der Waals surface area contributed by atoms with Crippen LogP contribution in [0.15, 0.2) is 54.6 Å². The number of urea groups is 1. The van der Waals surface area contributed by atoms with Crippen LogP contribution in [-0.2, 0) is 12.8 Å². The lowest BCUT2D eigenvalue weighted by Crippen LogP contribution is -2.33. The molecular formula is C26H25ClN6OS. The molecule has 3 N–H and O–H groups in total. The van der Waals surface area contributed by atoms with Gasteiger partial charge in [0.2, 0.25) is 0 Å². The Morgan fingerprint density at radius 3 is 2.86 bits per heavy atom. The summed E-state index contributed by atoms with van der Waals surface area (Å²) in [4.78, 5) is 18.3. The first-order chi connectivity index (χ1) is 17.2. The van der Waals surface area contributed by atoms with Gasteiger partial charge in [-0.15, -0.1) is 0 Å². The molecule has 0 bridgehead atoms. The Hall–Kier alpha value is -3.20. The lowest BCUT2D eigenvalue weighted by molar-refractivity contribution is 0.250. The predicted molar refractivity (Wildman–Crippen MR) is 141 cm³/mol. The monoisotopic (exact) mass is 504 g/mol. The van der Waals surface area contributed by atoms with E-state index in [0.29, 0.717) is 22.6 Å². The van der Waals surface area contributed by atoms with Crippen LogP contribution < -0.4 is 16.0 Å². The molecule has 2 amide bonds. The number of benzene rings is 2. The standard InChI is InChI=1S/C26H25ClN6OS/c27-18-7-4-8-19(13-18)33-23-20(22(32-33)17-5-2-1-3-6-17)9-10-21-24(23)35-26(30-21)31-25(34)29-15-16-11-12-28-14-16/h1-8,13,16,28H,9-12,14-15H2,(H2,29,30,31,34)/t16-/m0/s1. The summed E-state index contributed by atoms with van der Waals surface area (Å²) in [5.74, 6) is 0.483. The van der Waals surface area contributed by atoms with Crippen molar-refractivity contribution < 1.29 is 4.79 Å². The number of aromatic nitrogens is 3. The third-order valence-electron chi connectivity index (χ3n) is 6.54. The summed E-state index contributed by atoms with van der Waals surface area (Å²) in [7, 11) is 0. The number of rotatable bonds is 5. The number of hydrogen-bond acceptors (Lipinski definition) is 5. The number of carbonyl (C=O) groups is 1. The van der Waals surface area contributed by atoms with E-state index >= 15 is 0 Å². The minimum atomic E-state index is -0.212. The van der Waals surface area contributed by atoms with Crippen LogP contribution in [0.2, 0.25) is 5.02 Å². The highest BCUT2D eigenvalue weighted by molar-refractivity contribution is 7.19. The number of halogens is 1. The maximum Gasteiger partial charge on any atom is 0.321 e. The Morgan fingerprint density at radius 2 is 2.06 bits per heavy atom. The lowest BCUT2D eigenvalue weighted by atomic mass is 9.95. The first-order valence-corrected chi connectivity index (χ1v) is 13.0. The summed E-state index contributed by atoms with van der Waals surface area (Å²) < 4.78 is 1.97. The van der Waals surface area contributed by atoms with Gasteiger partial charge < -0.3 is 10.6 Å². The van der Waals surface area contributed by atoms with Gasteiger partial charge in [0.25, 0.3) is 0 Å². The second kappa shape index (κ2) is 9.45. The number of anilines is 1. The predicted octanol–water partition coefficient (Wildman–Crippen LogP) is 5.15. The van der Waals surface area contributed by atoms with Gasteiger partial charge in [0.05, 0.1) is 27.6 Å². The maximum atomic E-state index is 12.5. The molecule has 4 aromatic rings. The first-order valence-electron chi connectivity index (χ1n) is 11.8. The smallest absolute Gasteiger partial charge is 0.321 e. The van der Waals surface area contributed by atoms with E-state index in [-0.39, 0.29) is 6.03 Å². The van der Waals surface area contributed by atoms with Crippen LogP contribution in [0.25, 0.3) is 27.5 Å². The van der Waals surface area contributed by atoms with Gasteiger partial charge in [0.1, 0.15) is 0 Å². The normalized spacial score (nSPS) is 16.5. The maximum absolute atomic E-state index is 12.5. The number of aryl methyl sites for hydroxylation is 1. The van der Waals surface area contributed by atoms with Gasteiger partial charge in [-0.05, 0) is 56.5 Å². The van der Waals surface area contributed by atoms with Gasteiger partial charge in [0.15, 0.2) is 5.13 Å². The van der Waals surface area contributed by atoms with Crippen LogP contribution in [0, 0.1) is 5.92 Å². The summed E-state index contributed by atoms with van der Waals surface area (Å²) in [6, 6.07) is 17.8. The summed E-state index contributed by atoms with van der Waals surface area (Å²) in [5, 5.41) is 15.6. The molecule has 2 aliphatic rings. The average Bonchev–Trinajstić information content (AvgIpc) is 3.61. The number of carbonyl (C=O) groups excluding carboxylic acids is 1. The molecule has 35 heavy (non-hydrogen) atoms. The molecule has 7 nitrogen and oxygen atoms in total. The lowest BCUT2D eigenvalue weighted by Gasteiger charge is -2.14. The largest absolute Gasteiger partial charge is 0.337 e. The molecule has 0 unspecified atom stereocenters. The zero-order valence-electron chi connectivity index (χ0n) is 19.1. The van der Waals surface area contributed by atoms with Crippen LogP contribution >= 0.6 is 22.9 Å². The summed E-state index contributed by atoms with van der Waals surface area (Å²) >= 11 is 7.83. The fourth-order valence-corrected chi connectivity index (χ4v) is 6.06. The van der Waals surface area contributed by atoms with Gasteiger partial charge in [-0.2, -0.15) is 5.10 Å². The van der Waals surface area contributed by atoms with Crippen molar-refractivity contribution in [1.29, 1.82) is 0 Å². The zero-order chi connectivity index (χ0) is 23.8. The van der Waals surface area contributed by atoms with Crippen LogP contribution in [-0.4, -0.2) is 40.4 Å². The minimum Gasteiger partial charge on any atom is -0.337 e.